The van der Waals surface area contributed by atoms with Crippen molar-refractivity contribution < 1.29 is 4.74 Å². The molecule has 5 nitrogen and oxygen atoms in total. The fraction of sp³-hybridized carbons (Fsp3) is 0.429. The lowest BCUT2D eigenvalue weighted by Gasteiger charge is -2.32. The largest absolute Gasteiger partial charge is 0.373 e. The molecule has 0 amide bonds. The van der Waals surface area contributed by atoms with Gasteiger partial charge in [0.05, 0.1) is 18.3 Å². The van der Waals surface area contributed by atoms with E-state index in [1.54, 1.807) is 13.2 Å². The Kier molecular flexibility index (Phi) is 6.61. The van der Waals surface area contributed by atoms with Crippen molar-refractivity contribution in [1.82, 2.24) is 15.6 Å². The molecule has 0 radical (unpaired) electrons. The van der Waals surface area contributed by atoms with Gasteiger partial charge in [0, 0.05) is 32.3 Å². The van der Waals surface area contributed by atoms with Crippen molar-refractivity contribution in [2.45, 2.75) is 32.4 Å². The van der Waals surface area contributed by atoms with Crippen LogP contribution in [0.15, 0.2) is 53.7 Å². The van der Waals surface area contributed by atoms with Gasteiger partial charge in [-0.05, 0) is 37.5 Å². The number of nitrogens with one attached hydrogen (secondary N) is 2. The molecule has 2 unspecified atom stereocenters. The molecule has 2 N–H and O–H groups in total. The number of nitrogens with zero attached hydrogens (tertiary/aromatic N) is 2. The summed E-state index contributed by atoms with van der Waals surface area (Å²) in [6.45, 7) is 4.44. The van der Waals surface area contributed by atoms with Gasteiger partial charge in [-0.2, -0.15) is 0 Å². The number of aliphatic imine (C=N–C) groups is 1. The SMILES string of the molecule is CN=C(NCc1ccccn1)NCC1CCCOC1c1ccc(C)cc1. The summed E-state index contributed by atoms with van der Waals surface area (Å²) in [5, 5.41) is 6.77. The van der Waals surface area contributed by atoms with Crippen molar-refractivity contribution >= 4 is 5.96 Å². The first-order valence-electron chi connectivity index (χ1n) is 9.29. The van der Waals surface area contributed by atoms with Gasteiger partial charge in [-0.25, -0.2) is 0 Å². The molecule has 5 heteroatoms. The number of aromatic nitrogens is 1. The molecule has 0 saturated carbocycles. The summed E-state index contributed by atoms with van der Waals surface area (Å²) in [4.78, 5) is 8.65. The number of hydrogen-bond acceptors (Lipinski definition) is 3. The number of benzene rings is 1. The highest BCUT2D eigenvalue weighted by molar-refractivity contribution is 5.79. The lowest BCUT2D eigenvalue weighted by atomic mass is 9.89. The summed E-state index contributed by atoms with van der Waals surface area (Å²) in [5.41, 5.74) is 3.53. The monoisotopic (exact) mass is 352 g/mol. The van der Waals surface area contributed by atoms with E-state index < -0.39 is 0 Å². The average molecular weight is 352 g/mol. The molecule has 26 heavy (non-hydrogen) atoms. The third kappa shape index (κ3) is 5.05. The predicted octanol–water partition coefficient (Wildman–Crippen LogP) is 3.22. The molecule has 2 heterocycles. The zero-order valence-electron chi connectivity index (χ0n) is 15.6. The Morgan fingerprint density at radius 3 is 2.77 bits per heavy atom. The van der Waals surface area contributed by atoms with Crippen LogP contribution < -0.4 is 10.6 Å². The van der Waals surface area contributed by atoms with Gasteiger partial charge in [0.1, 0.15) is 0 Å². The highest BCUT2D eigenvalue weighted by Crippen LogP contribution is 2.33. The molecule has 138 valence electrons. The zero-order chi connectivity index (χ0) is 18.2. The van der Waals surface area contributed by atoms with Crippen LogP contribution >= 0.6 is 0 Å². The van der Waals surface area contributed by atoms with Crippen molar-refractivity contribution in [2.24, 2.45) is 10.9 Å². The normalized spacial score (nSPS) is 20.6. The number of pyridine rings is 1. The highest BCUT2D eigenvalue weighted by atomic mass is 16.5. The minimum Gasteiger partial charge on any atom is -0.373 e. The number of guanidine groups is 1. The van der Waals surface area contributed by atoms with E-state index in [1.807, 2.05) is 18.2 Å². The summed E-state index contributed by atoms with van der Waals surface area (Å²) < 4.78 is 6.10. The highest BCUT2D eigenvalue weighted by Gasteiger charge is 2.27. The van der Waals surface area contributed by atoms with E-state index >= 15 is 0 Å². The molecule has 1 aliphatic rings. The van der Waals surface area contributed by atoms with Crippen molar-refractivity contribution in [3.05, 3.63) is 65.5 Å². The van der Waals surface area contributed by atoms with Gasteiger partial charge in [-0.1, -0.05) is 35.9 Å². The zero-order valence-corrected chi connectivity index (χ0v) is 15.6. The summed E-state index contributed by atoms with van der Waals surface area (Å²) in [6, 6.07) is 14.6. The Bertz CT molecular complexity index is 700. The molecule has 0 aliphatic carbocycles. The van der Waals surface area contributed by atoms with Crippen LogP contribution in [0.5, 0.6) is 0 Å². The van der Waals surface area contributed by atoms with Crippen LogP contribution in [0.2, 0.25) is 0 Å². The maximum absolute atomic E-state index is 6.10. The summed E-state index contributed by atoms with van der Waals surface area (Å²) in [5.74, 6) is 1.23. The number of aryl methyl sites for hydroxylation is 1. The Hall–Kier alpha value is -2.40. The topological polar surface area (TPSA) is 58.5 Å². The second-order valence-corrected chi connectivity index (χ2v) is 6.73. The molecule has 1 aromatic heterocycles. The van der Waals surface area contributed by atoms with E-state index in [2.05, 4.69) is 51.8 Å². The van der Waals surface area contributed by atoms with Gasteiger partial charge >= 0.3 is 0 Å². The standard InChI is InChI=1S/C21H28N4O/c1-16-8-10-17(11-9-16)20-18(6-5-13-26-20)14-24-21(22-2)25-15-19-7-3-4-12-23-19/h3-4,7-12,18,20H,5-6,13-15H2,1-2H3,(H2,22,24,25). The van der Waals surface area contributed by atoms with Crippen LogP contribution in [-0.4, -0.2) is 31.1 Å². The van der Waals surface area contributed by atoms with E-state index in [-0.39, 0.29) is 6.10 Å². The van der Waals surface area contributed by atoms with Crippen LogP contribution in [0.4, 0.5) is 0 Å². The quantitative estimate of drug-likeness (QED) is 0.641. The molecule has 1 saturated heterocycles. The van der Waals surface area contributed by atoms with Crippen molar-refractivity contribution in [1.29, 1.82) is 0 Å². The first kappa shape index (κ1) is 18.4. The smallest absolute Gasteiger partial charge is 0.191 e. The fourth-order valence-electron chi connectivity index (χ4n) is 3.30. The third-order valence-electron chi connectivity index (χ3n) is 4.77. The van der Waals surface area contributed by atoms with Crippen LogP contribution in [0.3, 0.4) is 0 Å². The van der Waals surface area contributed by atoms with Gasteiger partial charge in [-0.3, -0.25) is 9.98 Å². The molecular formula is C21H28N4O. The molecule has 1 aromatic carbocycles. The minimum absolute atomic E-state index is 0.144. The summed E-state index contributed by atoms with van der Waals surface area (Å²) in [6.07, 6.45) is 4.21. The van der Waals surface area contributed by atoms with Gasteiger partial charge in [0.2, 0.25) is 0 Å². The van der Waals surface area contributed by atoms with Crippen LogP contribution in [-0.2, 0) is 11.3 Å². The number of hydrogen-bond donors (Lipinski definition) is 2. The van der Waals surface area contributed by atoms with Crippen LogP contribution in [0.1, 0.15) is 35.8 Å². The molecule has 1 aliphatic heterocycles. The lowest BCUT2D eigenvalue weighted by Crippen LogP contribution is -2.41. The van der Waals surface area contributed by atoms with Crippen LogP contribution in [0, 0.1) is 12.8 Å². The average Bonchev–Trinajstić information content (AvgIpc) is 2.70. The molecular weight excluding hydrogens is 324 g/mol. The van der Waals surface area contributed by atoms with Gasteiger partial charge in [0.25, 0.3) is 0 Å². The summed E-state index contributed by atoms with van der Waals surface area (Å²) in [7, 11) is 1.79. The minimum atomic E-state index is 0.144. The Morgan fingerprint density at radius 1 is 1.19 bits per heavy atom. The van der Waals surface area contributed by atoms with E-state index in [0.717, 1.165) is 37.6 Å². The maximum Gasteiger partial charge on any atom is 0.191 e. The maximum atomic E-state index is 6.10. The second-order valence-electron chi connectivity index (χ2n) is 6.73. The molecule has 3 rings (SSSR count). The van der Waals surface area contributed by atoms with E-state index in [9.17, 15) is 0 Å². The summed E-state index contributed by atoms with van der Waals surface area (Å²) >= 11 is 0. The van der Waals surface area contributed by atoms with E-state index in [4.69, 9.17) is 4.74 Å². The second kappa shape index (κ2) is 9.34. The molecule has 2 atom stereocenters. The lowest BCUT2D eigenvalue weighted by molar-refractivity contribution is -0.0265. The Balaban J connectivity index is 1.56. The predicted molar refractivity (Wildman–Crippen MR) is 105 cm³/mol. The van der Waals surface area contributed by atoms with E-state index in [1.165, 1.54) is 11.1 Å². The van der Waals surface area contributed by atoms with Crippen molar-refractivity contribution in [3.63, 3.8) is 0 Å². The molecule has 0 spiro atoms. The fourth-order valence-corrected chi connectivity index (χ4v) is 3.30. The first-order valence-corrected chi connectivity index (χ1v) is 9.29. The van der Waals surface area contributed by atoms with Crippen molar-refractivity contribution in [2.75, 3.05) is 20.2 Å². The van der Waals surface area contributed by atoms with Gasteiger partial charge < -0.3 is 15.4 Å². The Labute approximate surface area is 155 Å². The van der Waals surface area contributed by atoms with Gasteiger partial charge in [-0.15, -0.1) is 0 Å². The molecule has 2 aromatic rings. The number of rotatable bonds is 5. The molecule has 0 bridgehead atoms. The third-order valence-corrected chi connectivity index (χ3v) is 4.77. The number of ether oxygens (including phenoxy) is 1. The van der Waals surface area contributed by atoms with Gasteiger partial charge in [0.15, 0.2) is 5.96 Å². The molecule has 1 fully saturated rings. The first-order chi connectivity index (χ1) is 12.8. The van der Waals surface area contributed by atoms with Crippen LogP contribution in [0.25, 0.3) is 0 Å². The Morgan fingerprint density at radius 2 is 2.04 bits per heavy atom. The van der Waals surface area contributed by atoms with E-state index in [0.29, 0.717) is 12.5 Å². The van der Waals surface area contributed by atoms with Crippen molar-refractivity contribution in [3.8, 4) is 0 Å².